The molecule has 3 nitrogen and oxygen atoms in total. The molecule has 0 aliphatic heterocycles. The number of hydrogen-bond acceptors (Lipinski definition) is 3. The molecule has 0 bridgehead atoms. The Morgan fingerprint density at radius 3 is 2.53 bits per heavy atom. The second kappa shape index (κ2) is 4.61. The van der Waals surface area contributed by atoms with Crippen LogP contribution in [0.25, 0.3) is 22.1 Å². The molecule has 0 saturated carbocycles. The second-order valence-electron chi connectivity index (χ2n) is 4.18. The molecule has 1 heterocycles. The second-order valence-corrected chi connectivity index (χ2v) is 4.18. The van der Waals surface area contributed by atoms with Crippen LogP contribution in [0.5, 0.6) is 5.75 Å². The maximum absolute atomic E-state index is 12.6. The molecule has 0 amide bonds. The fourth-order valence-corrected chi connectivity index (χ4v) is 2.13. The van der Waals surface area contributed by atoms with Gasteiger partial charge in [0.15, 0.2) is 0 Å². The van der Waals surface area contributed by atoms with E-state index >= 15 is 0 Å². The minimum absolute atomic E-state index is 0.0788. The molecule has 0 spiro atoms. The van der Waals surface area contributed by atoms with Gasteiger partial charge in [-0.05, 0) is 17.7 Å². The molecule has 0 fully saturated rings. The fraction of sp³-hybridized carbons (Fsp3) is 0.0625. The standard InChI is InChI=1S/C16H12O3/c1-18-13-8-5-9-14-15(13)16(17)12(10-19-14)11-6-3-2-4-7-11/h2-10H,1H3. The molecule has 3 heteroatoms. The smallest absolute Gasteiger partial charge is 0.204 e. The summed E-state index contributed by atoms with van der Waals surface area (Å²) in [6.07, 6.45) is 1.50. The summed E-state index contributed by atoms with van der Waals surface area (Å²) in [4.78, 5) is 12.6. The van der Waals surface area contributed by atoms with Crippen molar-refractivity contribution in [1.82, 2.24) is 0 Å². The minimum Gasteiger partial charge on any atom is -0.496 e. The maximum Gasteiger partial charge on any atom is 0.204 e. The Morgan fingerprint density at radius 1 is 1.00 bits per heavy atom. The molecule has 0 N–H and O–H groups in total. The van der Waals surface area contributed by atoms with E-state index in [4.69, 9.17) is 9.15 Å². The highest BCUT2D eigenvalue weighted by Crippen LogP contribution is 2.25. The summed E-state index contributed by atoms with van der Waals surface area (Å²) in [5.41, 5.74) is 1.83. The predicted octanol–water partition coefficient (Wildman–Crippen LogP) is 3.47. The third-order valence-electron chi connectivity index (χ3n) is 3.07. The van der Waals surface area contributed by atoms with E-state index in [0.29, 0.717) is 22.3 Å². The van der Waals surface area contributed by atoms with Gasteiger partial charge in [-0.1, -0.05) is 36.4 Å². The molecular formula is C16H12O3. The van der Waals surface area contributed by atoms with E-state index in [9.17, 15) is 4.79 Å². The topological polar surface area (TPSA) is 39.4 Å². The Kier molecular flexibility index (Phi) is 2.80. The molecule has 94 valence electrons. The lowest BCUT2D eigenvalue weighted by Gasteiger charge is -2.06. The molecule has 0 radical (unpaired) electrons. The first kappa shape index (κ1) is 11.5. The summed E-state index contributed by atoms with van der Waals surface area (Å²) >= 11 is 0. The number of methoxy groups -OCH3 is 1. The van der Waals surface area contributed by atoms with Crippen LogP contribution in [0.3, 0.4) is 0 Å². The molecule has 3 aromatic rings. The Hall–Kier alpha value is -2.55. The summed E-state index contributed by atoms with van der Waals surface area (Å²) < 4.78 is 10.8. The lowest BCUT2D eigenvalue weighted by Crippen LogP contribution is -2.06. The largest absolute Gasteiger partial charge is 0.496 e. The van der Waals surface area contributed by atoms with E-state index in [0.717, 1.165) is 5.56 Å². The van der Waals surface area contributed by atoms with E-state index in [1.165, 1.54) is 6.26 Å². The van der Waals surface area contributed by atoms with E-state index < -0.39 is 0 Å². The van der Waals surface area contributed by atoms with Crippen molar-refractivity contribution in [2.75, 3.05) is 7.11 Å². The van der Waals surface area contributed by atoms with Crippen molar-refractivity contribution in [2.45, 2.75) is 0 Å². The number of benzene rings is 2. The molecule has 2 aromatic carbocycles. The zero-order valence-corrected chi connectivity index (χ0v) is 10.4. The Bertz CT molecular complexity index is 773. The SMILES string of the molecule is COc1cccc2occ(-c3ccccc3)c(=O)c12. The highest BCUT2D eigenvalue weighted by Gasteiger charge is 2.12. The van der Waals surface area contributed by atoms with Crippen LogP contribution in [0.1, 0.15) is 0 Å². The van der Waals surface area contributed by atoms with E-state index in [-0.39, 0.29) is 5.43 Å². The van der Waals surface area contributed by atoms with E-state index in [2.05, 4.69) is 0 Å². The molecule has 19 heavy (non-hydrogen) atoms. The molecule has 0 aliphatic rings. The van der Waals surface area contributed by atoms with Crippen LogP contribution in [0.15, 0.2) is 64.0 Å². The van der Waals surface area contributed by atoms with Gasteiger partial charge in [0, 0.05) is 0 Å². The van der Waals surface area contributed by atoms with Crippen LogP contribution in [0.4, 0.5) is 0 Å². The van der Waals surface area contributed by atoms with Crippen molar-refractivity contribution in [3.05, 3.63) is 65.0 Å². The number of fused-ring (bicyclic) bond motifs is 1. The molecule has 0 saturated heterocycles. The van der Waals surface area contributed by atoms with Gasteiger partial charge in [-0.25, -0.2) is 0 Å². The summed E-state index contributed by atoms with van der Waals surface area (Å²) in [6.45, 7) is 0. The predicted molar refractivity (Wildman–Crippen MR) is 74.5 cm³/mol. The van der Waals surface area contributed by atoms with Gasteiger partial charge in [0.25, 0.3) is 0 Å². The Labute approximate surface area is 110 Å². The van der Waals surface area contributed by atoms with E-state index in [1.807, 2.05) is 30.3 Å². The van der Waals surface area contributed by atoms with Crippen molar-refractivity contribution < 1.29 is 9.15 Å². The molecule has 0 unspecified atom stereocenters. The third-order valence-corrected chi connectivity index (χ3v) is 3.07. The Morgan fingerprint density at radius 2 is 1.79 bits per heavy atom. The average Bonchev–Trinajstić information content (AvgIpc) is 2.48. The van der Waals surface area contributed by atoms with Crippen molar-refractivity contribution in [3.63, 3.8) is 0 Å². The number of rotatable bonds is 2. The van der Waals surface area contributed by atoms with Crippen molar-refractivity contribution >= 4 is 11.0 Å². The summed E-state index contributed by atoms with van der Waals surface area (Å²) in [6, 6.07) is 14.8. The Balaban J connectivity index is 2.36. The van der Waals surface area contributed by atoms with Crippen molar-refractivity contribution in [1.29, 1.82) is 0 Å². The third kappa shape index (κ3) is 1.89. The lowest BCUT2D eigenvalue weighted by molar-refractivity contribution is 0.418. The molecule has 0 aliphatic carbocycles. The van der Waals surface area contributed by atoms with Gasteiger partial charge in [0.05, 0.1) is 12.7 Å². The first-order valence-corrected chi connectivity index (χ1v) is 5.95. The van der Waals surface area contributed by atoms with Crippen molar-refractivity contribution in [3.8, 4) is 16.9 Å². The number of ether oxygens (including phenoxy) is 1. The first-order chi connectivity index (χ1) is 9.31. The zero-order valence-electron chi connectivity index (χ0n) is 10.4. The van der Waals surface area contributed by atoms with Crippen LogP contribution < -0.4 is 10.2 Å². The van der Waals surface area contributed by atoms with Crippen LogP contribution in [-0.2, 0) is 0 Å². The maximum atomic E-state index is 12.6. The van der Waals surface area contributed by atoms with Crippen molar-refractivity contribution in [2.24, 2.45) is 0 Å². The first-order valence-electron chi connectivity index (χ1n) is 5.95. The molecule has 1 aromatic heterocycles. The highest BCUT2D eigenvalue weighted by atomic mass is 16.5. The summed E-state index contributed by atoms with van der Waals surface area (Å²) in [7, 11) is 1.55. The van der Waals surface area contributed by atoms with E-state index in [1.54, 1.807) is 25.3 Å². The summed E-state index contributed by atoms with van der Waals surface area (Å²) in [5, 5.41) is 0.478. The van der Waals surface area contributed by atoms with Gasteiger partial charge in [-0.3, -0.25) is 4.79 Å². The minimum atomic E-state index is -0.0788. The normalized spacial score (nSPS) is 10.6. The highest BCUT2D eigenvalue weighted by molar-refractivity contribution is 5.86. The fourth-order valence-electron chi connectivity index (χ4n) is 2.13. The average molecular weight is 252 g/mol. The van der Waals surface area contributed by atoms with Crippen LogP contribution in [-0.4, -0.2) is 7.11 Å². The van der Waals surface area contributed by atoms with Gasteiger partial charge in [0.2, 0.25) is 5.43 Å². The van der Waals surface area contributed by atoms with Crippen LogP contribution >= 0.6 is 0 Å². The van der Waals surface area contributed by atoms with Gasteiger partial charge < -0.3 is 9.15 Å². The van der Waals surface area contributed by atoms with Gasteiger partial charge in [0.1, 0.15) is 23.0 Å². The van der Waals surface area contributed by atoms with Gasteiger partial charge >= 0.3 is 0 Å². The van der Waals surface area contributed by atoms with Gasteiger partial charge in [-0.2, -0.15) is 0 Å². The summed E-state index contributed by atoms with van der Waals surface area (Å²) in [5.74, 6) is 0.532. The quantitative estimate of drug-likeness (QED) is 0.701. The lowest BCUT2D eigenvalue weighted by atomic mass is 10.1. The number of hydrogen-bond donors (Lipinski definition) is 0. The van der Waals surface area contributed by atoms with Crippen LogP contribution in [0, 0.1) is 0 Å². The zero-order chi connectivity index (χ0) is 13.2. The monoisotopic (exact) mass is 252 g/mol. The molecule has 0 atom stereocenters. The molecular weight excluding hydrogens is 240 g/mol. The van der Waals surface area contributed by atoms with Crippen LogP contribution in [0.2, 0.25) is 0 Å². The van der Waals surface area contributed by atoms with Gasteiger partial charge in [-0.15, -0.1) is 0 Å². The molecule has 3 rings (SSSR count).